The summed E-state index contributed by atoms with van der Waals surface area (Å²) in [5.41, 5.74) is 0. The van der Waals surface area contributed by atoms with Gasteiger partial charge in [-0.3, -0.25) is 4.79 Å². The van der Waals surface area contributed by atoms with Crippen molar-refractivity contribution in [2.24, 2.45) is 0 Å². The predicted molar refractivity (Wildman–Crippen MR) is 72.7 cm³/mol. The minimum Gasteiger partial charge on any atom is -0.370 e. The molecule has 0 rings (SSSR count). The molecule has 0 aliphatic rings. The average molecular weight is 305 g/mol. The number of aliphatic hydroxyl groups excluding tert-OH is 1. The number of nitrogens with one attached hydrogen (secondary N) is 1. The molecular formula is C11H20Cl3NO2. The van der Waals surface area contributed by atoms with Gasteiger partial charge in [0.1, 0.15) is 0 Å². The second-order valence-electron chi connectivity index (χ2n) is 4.07. The van der Waals surface area contributed by atoms with E-state index >= 15 is 0 Å². The molecule has 0 aromatic rings. The lowest BCUT2D eigenvalue weighted by atomic mass is 10.1. The van der Waals surface area contributed by atoms with Crippen molar-refractivity contribution >= 4 is 40.7 Å². The Bertz CT molecular complexity index is 235. The van der Waals surface area contributed by atoms with Crippen molar-refractivity contribution in [2.45, 2.75) is 61.9 Å². The first-order valence-corrected chi connectivity index (χ1v) is 7.00. The van der Waals surface area contributed by atoms with Gasteiger partial charge in [-0.15, -0.1) is 11.6 Å². The first-order valence-electron chi connectivity index (χ1n) is 5.81. The standard InChI is InChI=1S/C11H20Cl3NO2/c1-3-4-5-6-7-9(16)15-10(17)11(13,14)8(2)12/h8,10,17H,3-7H2,1-2H3,(H,15,16)/t8-,10+/m1/s1. The number of aliphatic hydroxyl groups is 1. The average Bonchev–Trinajstić information content (AvgIpc) is 2.24. The summed E-state index contributed by atoms with van der Waals surface area (Å²) < 4.78 is -1.58. The third kappa shape index (κ3) is 6.70. The largest absolute Gasteiger partial charge is 0.370 e. The van der Waals surface area contributed by atoms with Gasteiger partial charge < -0.3 is 10.4 Å². The van der Waals surface area contributed by atoms with Crippen LogP contribution >= 0.6 is 34.8 Å². The molecule has 0 aliphatic carbocycles. The lowest BCUT2D eigenvalue weighted by molar-refractivity contribution is -0.124. The maximum atomic E-state index is 11.5. The lowest BCUT2D eigenvalue weighted by Crippen LogP contribution is -2.50. The van der Waals surface area contributed by atoms with Gasteiger partial charge in [-0.05, 0) is 13.3 Å². The third-order valence-corrected chi connectivity index (χ3v) is 4.09. The second-order valence-corrected chi connectivity index (χ2v) is 6.17. The Hall–Kier alpha value is 0.300. The molecule has 0 bridgehead atoms. The van der Waals surface area contributed by atoms with Gasteiger partial charge in [-0.2, -0.15) is 0 Å². The highest BCUT2D eigenvalue weighted by molar-refractivity contribution is 6.52. The van der Waals surface area contributed by atoms with Crippen LogP contribution in [-0.2, 0) is 4.79 Å². The summed E-state index contributed by atoms with van der Waals surface area (Å²) in [5.74, 6) is -0.267. The van der Waals surface area contributed by atoms with Gasteiger partial charge in [0.05, 0.1) is 5.38 Å². The van der Waals surface area contributed by atoms with Crippen molar-refractivity contribution in [1.29, 1.82) is 0 Å². The molecule has 102 valence electrons. The fourth-order valence-electron chi connectivity index (χ4n) is 1.25. The molecule has 0 heterocycles. The molecule has 2 N–H and O–H groups in total. The number of carbonyl (C=O) groups is 1. The van der Waals surface area contributed by atoms with Gasteiger partial charge >= 0.3 is 0 Å². The predicted octanol–water partition coefficient (Wildman–Crippen LogP) is 3.19. The van der Waals surface area contributed by atoms with E-state index in [-0.39, 0.29) is 5.91 Å². The summed E-state index contributed by atoms with van der Waals surface area (Å²) in [4.78, 5) is 11.5. The van der Waals surface area contributed by atoms with Crippen molar-refractivity contribution in [3.05, 3.63) is 0 Å². The zero-order valence-electron chi connectivity index (χ0n) is 10.2. The molecular weight excluding hydrogens is 284 g/mol. The number of rotatable bonds is 8. The van der Waals surface area contributed by atoms with Gasteiger partial charge in [0.2, 0.25) is 5.91 Å². The third-order valence-electron chi connectivity index (χ3n) is 2.45. The Morgan fingerprint density at radius 1 is 1.35 bits per heavy atom. The zero-order chi connectivity index (χ0) is 13.5. The SMILES string of the molecule is CCCCCCC(=O)N[C@@H](O)C(Cl)(Cl)[C@@H](C)Cl. The van der Waals surface area contributed by atoms with Crippen LogP contribution in [0.3, 0.4) is 0 Å². The quantitative estimate of drug-likeness (QED) is 0.411. The van der Waals surface area contributed by atoms with E-state index in [9.17, 15) is 9.90 Å². The molecule has 17 heavy (non-hydrogen) atoms. The number of amides is 1. The highest BCUT2D eigenvalue weighted by Crippen LogP contribution is 2.31. The molecule has 0 aromatic carbocycles. The first-order chi connectivity index (χ1) is 7.82. The number of carbonyl (C=O) groups excluding carboxylic acids is 1. The molecule has 3 nitrogen and oxygen atoms in total. The van der Waals surface area contributed by atoms with Gasteiger partial charge in [-0.1, -0.05) is 49.4 Å². The van der Waals surface area contributed by atoms with Gasteiger partial charge in [-0.25, -0.2) is 0 Å². The van der Waals surface area contributed by atoms with Crippen LogP contribution in [0.2, 0.25) is 0 Å². The molecule has 0 aromatic heterocycles. The van der Waals surface area contributed by atoms with Crippen molar-refractivity contribution in [1.82, 2.24) is 5.32 Å². The highest BCUT2D eigenvalue weighted by Gasteiger charge is 2.39. The monoisotopic (exact) mass is 303 g/mol. The number of hydrogen-bond acceptors (Lipinski definition) is 2. The van der Waals surface area contributed by atoms with Crippen LogP contribution in [-0.4, -0.2) is 27.0 Å². The maximum absolute atomic E-state index is 11.5. The first kappa shape index (κ1) is 17.3. The summed E-state index contributed by atoms with van der Waals surface area (Å²) in [6, 6.07) is 0. The lowest BCUT2D eigenvalue weighted by Gasteiger charge is -2.28. The van der Waals surface area contributed by atoms with Crippen molar-refractivity contribution in [2.75, 3.05) is 0 Å². The van der Waals surface area contributed by atoms with Crippen LogP contribution in [0.15, 0.2) is 0 Å². The van der Waals surface area contributed by atoms with Crippen LogP contribution < -0.4 is 5.32 Å². The summed E-state index contributed by atoms with van der Waals surface area (Å²) in [6.07, 6.45) is 3.00. The summed E-state index contributed by atoms with van der Waals surface area (Å²) in [5, 5.41) is 11.3. The van der Waals surface area contributed by atoms with E-state index < -0.39 is 15.9 Å². The van der Waals surface area contributed by atoms with Gasteiger partial charge in [0.15, 0.2) is 10.6 Å². The van der Waals surface area contributed by atoms with Crippen LogP contribution in [0.1, 0.15) is 46.0 Å². The van der Waals surface area contributed by atoms with Crippen molar-refractivity contribution in [3.8, 4) is 0 Å². The van der Waals surface area contributed by atoms with E-state index in [1.165, 1.54) is 0 Å². The molecule has 2 atom stereocenters. The van der Waals surface area contributed by atoms with E-state index in [2.05, 4.69) is 12.2 Å². The molecule has 0 saturated heterocycles. The van der Waals surface area contributed by atoms with Crippen molar-refractivity contribution < 1.29 is 9.90 Å². The Morgan fingerprint density at radius 3 is 2.41 bits per heavy atom. The number of halogens is 3. The zero-order valence-corrected chi connectivity index (χ0v) is 12.4. The number of alkyl halides is 3. The van der Waals surface area contributed by atoms with Crippen LogP contribution in [0.4, 0.5) is 0 Å². The Kier molecular flexibility index (Phi) is 8.56. The summed E-state index contributed by atoms with van der Waals surface area (Å²) in [7, 11) is 0. The Morgan fingerprint density at radius 2 is 1.94 bits per heavy atom. The van der Waals surface area contributed by atoms with E-state index in [1.807, 2.05) is 0 Å². The summed E-state index contributed by atoms with van der Waals surface area (Å²) >= 11 is 17.4. The Balaban J connectivity index is 3.95. The minimum absolute atomic E-state index is 0.267. The van der Waals surface area contributed by atoms with E-state index in [0.717, 1.165) is 25.7 Å². The smallest absolute Gasteiger partial charge is 0.222 e. The molecule has 6 heteroatoms. The highest BCUT2D eigenvalue weighted by atomic mass is 35.5. The van der Waals surface area contributed by atoms with E-state index in [1.54, 1.807) is 6.92 Å². The van der Waals surface area contributed by atoms with Crippen LogP contribution in [0.5, 0.6) is 0 Å². The van der Waals surface area contributed by atoms with E-state index in [4.69, 9.17) is 34.8 Å². The molecule has 0 spiro atoms. The van der Waals surface area contributed by atoms with Crippen LogP contribution in [0, 0.1) is 0 Å². The molecule has 1 amide bonds. The topological polar surface area (TPSA) is 49.3 Å². The fourth-order valence-corrected chi connectivity index (χ4v) is 1.48. The van der Waals surface area contributed by atoms with Crippen LogP contribution in [0.25, 0.3) is 0 Å². The Labute approximate surface area is 118 Å². The minimum atomic E-state index is -1.58. The number of hydrogen-bond donors (Lipinski definition) is 2. The molecule has 0 unspecified atom stereocenters. The van der Waals surface area contributed by atoms with Gasteiger partial charge in [0.25, 0.3) is 0 Å². The molecule has 0 aliphatic heterocycles. The molecule has 0 saturated carbocycles. The van der Waals surface area contributed by atoms with Gasteiger partial charge in [0, 0.05) is 6.42 Å². The van der Waals surface area contributed by atoms with E-state index in [0.29, 0.717) is 6.42 Å². The second kappa shape index (κ2) is 8.41. The number of unbranched alkanes of at least 4 members (excludes halogenated alkanes) is 3. The van der Waals surface area contributed by atoms with Crippen molar-refractivity contribution in [3.63, 3.8) is 0 Å². The normalized spacial score (nSPS) is 15.4. The summed E-state index contributed by atoms with van der Waals surface area (Å²) in [6.45, 7) is 3.65. The molecule has 0 radical (unpaired) electrons. The molecule has 0 fully saturated rings. The fraction of sp³-hybridized carbons (Fsp3) is 0.909. The maximum Gasteiger partial charge on any atom is 0.222 e.